The van der Waals surface area contributed by atoms with E-state index in [0.29, 0.717) is 0 Å². The summed E-state index contributed by atoms with van der Waals surface area (Å²) >= 11 is 3.59. The van der Waals surface area contributed by atoms with Gasteiger partial charge in [-0.2, -0.15) is 0 Å². The number of benzene rings is 2. The van der Waals surface area contributed by atoms with Crippen molar-refractivity contribution >= 4 is 15.9 Å². The molecule has 100 valence electrons. The summed E-state index contributed by atoms with van der Waals surface area (Å²) in [7, 11) is 0. The van der Waals surface area contributed by atoms with Crippen molar-refractivity contribution in [2.45, 2.75) is 26.3 Å². The van der Waals surface area contributed by atoms with Gasteiger partial charge in [-0.05, 0) is 48.7 Å². The van der Waals surface area contributed by atoms with Gasteiger partial charge in [0.15, 0.2) is 0 Å². The molecular weight excluding hydrogens is 298 g/mol. The van der Waals surface area contributed by atoms with Gasteiger partial charge in [-0.3, -0.25) is 0 Å². The highest BCUT2D eigenvalue weighted by Crippen LogP contribution is 2.26. The van der Waals surface area contributed by atoms with Crippen LogP contribution in [0, 0.1) is 6.92 Å². The van der Waals surface area contributed by atoms with E-state index >= 15 is 0 Å². The minimum atomic E-state index is 0.261. The zero-order valence-corrected chi connectivity index (χ0v) is 13.1. The molecule has 2 heteroatoms. The molecule has 0 amide bonds. The number of nitrogens with one attached hydrogen (secondary N) is 1. The molecule has 2 aromatic rings. The van der Waals surface area contributed by atoms with Gasteiger partial charge in [0.1, 0.15) is 0 Å². The second kappa shape index (κ2) is 6.88. The smallest absolute Gasteiger partial charge is 0.0577 e. The van der Waals surface area contributed by atoms with Crippen molar-refractivity contribution in [3.63, 3.8) is 0 Å². The van der Waals surface area contributed by atoms with Crippen LogP contribution in [0.1, 0.15) is 36.1 Å². The second-order valence-corrected chi connectivity index (χ2v) is 5.78. The number of halogens is 1. The molecule has 0 heterocycles. The molecule has 0 saturated carbocycles. The molecular formula is C17H20BrN. The van der Waals surface area contributed by atoms with Crippen LogP contribution in [-0.2, 0) is 0 Å². The van der Waals surface area contributed by atoms with Crippen LogP contribution in [0.5, 0.6) is 0 Å². The maximum atomic E-state index is 3.64. The van der Waals surface area contributed by atoms with E-state index in [1.54, 1.807) is 0 Å². The van der Waals surface area contributed by atoms with Crippen LogP contribution in [0.2, 0.25) is 0 Å². The molecule has 2 rings (SSSR count). The summed E-state index contributed by atoms with van der Waals surface area (Å²) in [6, 6.07) is 17.5. The lowest BCUT2D eigenvalue weighted by Crippen LogP contribution is -2.23. The third-order valence-electron chi connectivity index (χ3n) is 3.13. The van der Waals surface area contributed by atoms with E-state index in [-0.39, 0.29) is 6.04 Å². The quantitative estimate of drug-likeness (QED) is 0.831. The van der Waals surface area contributed by atoms with E-state index in [1.165, 1.54) is 16.7 Å². The normalized spacial score (nSPS) is 12.4. The van der Waals surface area contributed by atoms with Gasteiger partial charge in [-0.25, -0.2) is 0 Å². The second-order valence-electron chi connectivity index (χ2n) is 4.86. The summed E-state index contributed by atoms with van der Waals surface area (Å²) in [6.45, 7) is 5.35. The van der Waals surface area contributed by atoms with Crippen LogP contribution < -0.4 is 5.32 Å². The number of aryl methyl sites for hydroxylation is 1. The summed E-state index contributed by atoms with van der Waals surface area (Å²) in [4.78, 5) is 0. The molecule has 2 aromatic carbocycles. The first kappa shape index (κ1) is 14.3. The fraction of sp³-hybridized carbons (Fsp3) is 0.294. The Bertz CT molecular complexity index is 502. The van der Waals surface area contributed by atoms with Gasteiger partial charge in [-0.1, -0.05) is 59.3 Å². The molecule has 19 heavy (non-hydrogen) atoms. The van der Waals surface area contributed by atoms with Crippen molar-refractivity contribution in [2.24, 2.45) is 0 Å². The van der Waals surface area contributed by atoms with Gasteiger partial charge in [0.2, 0.25) is 0 Å². The lowest BCUT2D eigenvalue weighted by Gasteiger charge is -2.20. The lowest BCUT2D eigenvalue weighted by atomic mass is 9.97. The van der Waals surface area contributed by atoms with Gasteiger partial charge in [0.05, 0.1) is 6.04 Å². The molecule has 0 radical (unpaired) electrons. The molecule has 0 aromatic heterocycles. The maximum Gasteiger partial charge on any atom is 0.0577 e. The predicted octanol–water partition coefficient (Wildman–Crippen LogP) is 4.85. The minimum Gasteiger partial charge on any atom is -0.306 e. The van der Waals surface area contributed by atoms with Crippen molar-refractivity contribution in [3.05, 3.63) is 69.7 Å². The van der Waals surface area contributed by atoms with Crippen LogP contribution in [0.25, 0.3) is 0 Å². The predicted molar refractivity (Wildman–Crippen MR) is 85.5 cm³/mol. The van der Waals surface area contributed by atoms with Crippen LogP contribution in [0.3, 0.4) is 0 Å². The molecule has 0 fully saturated rings. The van der Waals surface area contributed by atoms with Crippen LogP contribution in [0.15, 0.2) is 53.0 Å². The first-order valence-electron chi connectivity index (χ1n) is 6.76. The standard InChI is InChI=1S/C17H20BrN/c1-3-9-19-17(14-7-5-4-6-8-14)15-10-13(2)11-16(18)12-15/h4-8,10-12,17,19H,3,9H2,1-2H3. The van der Waals surface area contributed by atoms with E-state index < -0.39 is 0 Å². The summed E-state index contributed by atoms with van der Waals surface area (Å²) in [5, 5.41) is 3.64. The molecule has 0 bridgehead atoms. The molecule has 1 unspecified atom stereocenters. The summed E-state index contributed by atoms with van der Waals surface area (Å²) in [5.41, 5.74) is 3.91. The Balaban J connectivity index is 2.36. The average molecular weight is 318 g/mol. The molecule has 0 aliphatic rings. The number of hydrogen-bond donors (Lipinski definition) is 1. The molecule has 1 nitrogen and oxygen atoms in total. The Hall–Kier alpha value is -1.12. The van der Waals surface area contributed by atoms with Crippen molar-refractivity contribution in [2.75, 3.05) is 6.54 Å². The Labute approximate surface area is 124 Å². The summed E-state index contributed by atoms with van der Waals surface area (Å²) in [6.07, 6.45) is 1.14. The van der Waals surface area contributed by atoms with E-state index in [4.69, 9.17) is 0 Å². The van der Waals surface area contributed by atoms with Crippen LogP contribution in [-0.4, -0.2) is 6.54 Å². The first-order chi connectivity index (χ1) is 9.20. The van der Waals surface area contributed by atoms with E-state index in [1.807, 2.05) is 0 Å². The molecule has 1 atom stereocenters. The average Bonchev–Trinajstić information content (AvgIpc) is 2.39. The Kier molecular flexibility index (Phi) is 5.17. The number of hydrogen-bond acceptors (Lipinski definition) is 1. The van der Waals surface area contributed by atoms with Gasteiger partial charge in [0, 0.05) is 4.47 Å². The maximum absolute atomic E-state index is 3.64. The topological polar surface area (TPSA) is 12.0 Å². The zero-order chi connectivity index (χ0) is 13.7. The van der Waals surface area contributed by atoms with Crippen LogP contribution in [0.4, 0.5) is 0 Å². The van der Waals surface area contributed by atoms with E-state index in [9.17, 15) is 0 Å². The van der Waals surface area contributed by atoms with Crippen molar-refractivity contribution in [3.8, 4) is 0 Å². The highest BCUT2D eigenvalue weighted by atomic mass is 79.9. The van der Waals surface area contributed by atoms with Gasteiger partial charge < -0.3 is 5.32 Å². The Morgan fingerprint density at radius 1 is 1.05 bits per heavy atom. The summed E-state index contributed by atoms with van der Waals surface area (Å²) < 4.78 is 1.14. The monoisotopic (exact) mass is 317 g/mol. The zero-order valence-electron chi connectivity index (χ0n) is 11.5. The fourth-order valence-corrected chi connectivity index (χ4v) is 2.92. The molecule has 0 saturated heterocycles. The Morgan fingerprint density at radius 2 is 1.79 bits per heavy atom. The van der Waals surface area contributed by atoms with Gasteiger partial charge >= 0.3 is 0 Å². The summed E-state index contributed by atoms with van der Waals surface area (Å²) in [5.74, 6) is 0. The van der Waals surface area contributed by atoms with Crippen molar-refractivity contribution < 1.29 is 0 Å². The SMILES string of the molecule is CCCNC(c1ccccc1)c1cc(C)cc(Br)c1. The highest BCUT2D eigenvalue weighted by molar-refractivity contribution is 9.10. The molecule has 1 N–H and O–H groups in total. The highest BCUT2D eigenvalue weighted by Gasteiger charge is 2.13. The third kappa shape index (κ3) is 3.92. The lowest BCUT2D eigenvalue weighted by molar-refractivity contribution is 0.598. The molecule has 0 aliphatic heterocycles. The Morgan fingerprint density at radius 3 is 2.42 bits per heavy atom. The third-order valence-corrected chi connectivity index (χ3v) is 3.59. The molecule has 0 spiro atoms. The van der Waals surface area contributed by atoms with Gasteiger partial charge in [-0.15, -0.1) is 0 Å². The van der Waals surface area contributed by atoms with Crippen molar-refractivity contribution in [1.82, 2.24) is 5.32 Å². The van der Waals surface area contributed by atoms with E-state index in [2.05, 4.69) is 83.6 Å². The minimum absolute atomic E-state index is 0.261. The first-order valence-corrected chi connectivity index (χ1v) is 7.55. The number of rotatable bonds is 5. The van der Waals surface area contributed by atoms with Crippen molar-refractivity contribution in [1.29, 1.82) is 0 Å². The molecule has 0 aliphatic carbocycles. The fourth-order valence-electron chi connectivity index (χ4n) is 2.29. The largest absolute Gasteiger partial charge is 0.306 e. The van der Waals surface area contributed by atoms with Gasteiger partial charge in [0.25, 0.3) is 0 Å². The van der Waals surface area contributed by atoms with E-state index in [0.717, 1.165) is 17.4 Å². The van der Waals surface area contributed by atoms with Crippen LogP contribution >= 0.6 is 15.9 Å².